The van der Waals surface area contributed by atoms with Crippen LogP contribution in [-0.2, 0) is 0 Å². The molecule has 0 atom stereocenters. The summed E-state index contributed by atoms with van der Waals surface area (Å²) in [5.41, 5.74) is 4.14. The van der Waals surface area contributed by atoms with Gasteiger partial charge in [-0.1, -0.05) is 25.6 Å². The van der Waals surface area contributed by atoms with Crippen molar-refractivity contribution in [3.05, 3.63) is 17.8 Å². The highest BCUT2D eigenvalue weighted by atomic mass is 28.3. The molecule has 0 aliphatic carbocycles. The van der Waals surface area contributed by atoms with Crippen LogP contribution in [0.5, 0.6) is 11.6 Å². The van der Waals surface area contributed by atoms with Crippen LogP contribution in [0.4, 0.5) is 0 Å². The lowest BCUT2D eigenvalue weighted by atomic mass is 10.3. The summed E-state index contributed by atoms with van der Waals surface area (Å²) in [5, 5.41) is 0. The molecule has 4 heteroatoms. The van der Waals surface area contributed by atoms with Crippen LogP contribution in [0, 0.1) is 11.5 Å². The van der Waals surface area contributed by atoms with Crippen LogP contribution in [0.25, 0.3) is 0 Å². The number of hydrogen-bond acceptors (Lipinski definition) is 3. The largest absolute Gasteiger partial charge is 0.491 e. The van der Waals surface area contributed by atoms with E-state index in [0.29, 0.717) is 11.6 Å². The minimum Gasteiger partial charge on any atom is -0.491 e. The second kappa shape index (κ2) is 5.04. The fourth-order valence-electron chi connectivity index (χ4n) is 1.06. The summed E-state index contributed by atoms with van der Waals surface area (Å²) in [6.07, 6.45) is 1.70. The van der Waals surface area contributed by atoms with Crippen LogP contribution in [-0.4, -0.2) is 27.3 Å². The Morgan fingerprint density at radius 2 is 1.88 bits per heavy atom. The molecule has 0 aliphatic rings. The van der Waals surface area contributed by atoms with E-state index in [0.717, 1.165) is 5.56 Å². The van der Waals surface area contributed by atoms with Crippen molar-refractivity contribution < 1.29 is 9.47 Å². The SMILES string of the molecule is COc1cc(C#C[Si](C)(C)C)cnc1OC. The Balaban J connectivity index is 3.03. The monoisotopic (exact) mass is 235 g/mol. The predicted molar refractivity (Wildman–Crippen MR) is 67.6 cm³/mol. The smallest absolute Gasteiger partial charge is 0.256 e. The molecule has 1 aromatic heterocycles. The van der Waals surface area contributed by atoms with Crippen LogP contribution in [0.1, 0.15) is 5.56 Å². The Labute approximate surface area is 97.8 Å². The molecule has 3 nitrogen and oxygen atoms in total. The second-order valence-electron chi connectivity index (χ2n) is 4.44. The highest BCUT2D eigenvalue weighted by molar-refractivity contribution is 6.83. The Morgan fingerprint density at radius 1 is 1.19 bits per heavy atom. The molecule has 1 heterocycles. The van der Waals surface area contributed by atoms with Crippen molar-refractivity contribution in [1.82, 2.24) is 4.98 Å². The van der Waals surface area contributed by atoms with E-state index in [1.54, 1.807) is 20.4 Å². The van der Waals surface area contributed by atoms with Gasteiger partial charge in [0, 0.05) is 17.8 Å². The molecular weight excluding hydrogens is 218 g/mol. The molecule has 0 bridgehead atoms. The van der Waals surface area contributed by atoms with Gasteiger partial charge in [-0.15, -0.1) is 5.54 Å². The van der Waals surface area contributed by atoms with E-state index in [4.69, 9.17) is 9.47 Å². The minimum atomic E-state index is -1.35. The molecule has 86 valence electrons. The van der Waals surface area contributed by atoms with E-state index >= 15 is 0 Å². The lowest BCUT2D eigenvalue weighted by Crippen LogP contribution is -2.16. The van der Waals surface area contributed by atoms with Gasteiger partial charge < -0.3 is 9.47 Å². The van der Waals surface area contributed by atoms with Gasteiger partial charge in [0.1, 0.15) is 8.07 Å². The standard InChI is InChI=1S/C12H17NO2Si/c1-14-11-8-10(6-7-16(3,4)5)9-13-12(11)15-2/h8-9H,1-5H3. The van der Waals surface area contributed by atoms with Gasteiger partial charge in [0.2, 0.25) is 0 Å². The third-order valence-electron chi connectivity index (χ3n) is 1.81. The van der Waals surface area contributed by atoms with Crippen molar-refractivity contribution in [2.75, 3.05) is 14.2 Å². The summed E-state index contributed by atoms with van der Waals surface area (Å²) in [6, 6.07) is 1.85. The van der Waals surface area contributed by atoms with Crippen molar-refractivity contribution in [3.8, 4) is 23.1 Å². The van der Waals surface area contributed by atoms with E-state index < -0.39 is 8.07 Å². The van der Waals surface area contributed by atoms with E-state index in [-0.39, 0.29) is 0 Å². The Bertz CT molecular complexity index is 427. The number of pyridine rings is 1. The zero-order chi connectivity index (χ0) is 12.2. The van der Waals surface area contributed by atoms with Crippen LogP contribution in [0.15, 0.2) is 12.3 Å². The van der Waals surface area contributed by atoms with Crippen LogP contribution in [0.2, 0.25) is 19.6 Å². The highest BCUT2D eigenvalue weighted by Crippen LogP contribution is 2.23. The highest BCUT2D eigenvalue weighted by Gasteiger charge is 2.08. The maximum Gasteiger partial charge on any atom is 0.256 e. The molecular formula is C12H17NO2Si. The van der Waals surface area contributed by atoms with Crippen molar-refractivity contribution in [2.45, 2.75) is 19.6 Å². The van der Waals surface area contributed by atoms with Gasteiger partial charge in [-0.25, -0.2) is 4.98 Å². The van der Waals surface area contributed by atoms with Gasteiger partial charge >= 0.3 is 0 Å². The molecule has 16 heavy (non-hydrogen) atoms. The van der Waals surface area contributed by atoms with Gasteiger partial charge in [-0.2, -0.15) is 0 Å². The molecule has 0 aliphatic heterocycles. The molecule has 1 rings (SSSR count). The van der Waals surface area contributed by atoms with Crippen molar-refractivity contribution in [3.63, 3.8) is 0 Å². The van der Waals surface area contributed by atoms with E-state index in [1.807, 2.05) is 6.07 Å². The number of aromatic nitrogens is 1. The first-order valence-electron chi connectivity index (χ1n) is 5.07. The van der Waals surface area contributed by atoms with Crippen LogP contribution >= 0.6 is 0 Å². The van der Waals surface area contributed by atoms with Gasteiger partial charge in [0.25, 0.3) is 5.88 Å². The summed E-state index contributed by atoms with van der Waals surface area (Å²) in [5.74, 6) is 4.23. The van der Waals surface area contributed by atoms with Gasteiger partial charge in [-0.3, -0.25) is 0 Å². The fraction of sp³-hybridized carbons (Fsp3) is 0.417. The zero-order valence-electron chi connectivity index (χ0n) is 10.4. The fourth-order valence-corrected chi connectivity index (χ4v) is 1.58. The molecule has 0 aromatic carbocycles. The first-order valence-corrected chi connectivity index (χ1v) is 8.57. The molecule has 0 N–H and O–H groups in total. The van der Waals surface area contributed by atoms with Crippen molar-refractivity contribution in [2.24, 2.45) is 0 Å². The van der Waals surface area contributed by atoms with Gasteiger partial charge in [0.15, 0.2) is 5.75 Å². The average Bonchev–Trinajstić information content (AvgIpc) is 2.25. The molecule has 0 unspecified atom stereocenters. The summed E-state index contributed by atoms with van der Waals surface area (Å²) < 4.78 is 10.2. The zero-order valence-corrected chi connectivity index (χ0v) is 11.4. The maximum atomic E-state index is 5.16. The van der Waals surface area contributed by atoms with Crippen molar-refractivity contribution in [1.29, 1.82) is 0 Å². The number of rotatable bonds is 2. The molecule has 1 aromatic rings. The lowest BCUT2D eigenvalue weighted by Gasteiger charge is -2.06. The van der Waals surface area contributed by atoms with E-state index in [2.05, 4.69) is 36.1 Å². The summed E-state index contributed by atoms with van der Waals surface area (Å²) in [7, 11) is 1.81. The lowest BCUT2D eigenvalue weighted by molar-refractivity contribution is 0.343. The van der Waals surface area contributed by atoms with Gasteiger partial charge in [0.05, 0.1) is 14.2 Å². The summed E-state index contributed by atoms with van der Waals surface area (Å²) in [4.78, 5) is 4.13. The molecule has 0 saturated carbocycles. The first-order chi connectivity index (χ1) is 7.46. The van der Waals surface area contributed by atoms with E-state index in [1.165, 1.54) is 0 Å². The Hall–Kier alpha value is -1.47. The van der Waals surface area contributed by atoms with Crippen LogP contribution < -0.4 is 9.47 Å². The number of ether oxygens (including phenoxy) is 2. The number of methoxy groups -OCH3 is 2. The normalized spacial score (nSPS) is 10.3. The molecule has 0 amide bonds. The molecule has 0 saturated heterocycles. The topological polar surface area (TPSA) is 31.4 Å². The third kappa shape index (κ3) is 3.59. The maximum absolute atomic E-state index is 5.16. The third-order valence-corrected chi connectivity index (χ3v) is 2.69. The van der Waals surface area contributed by atoms with Crippen LogP contribution in [0.3, 0.4) is 0 Å². The first kappa shape index (κ1) is 12.6. The van der Waals surface area contributed by atoms with Gasteiger partial charge in [-0.05, 0) is 0 Å². The quantitative estimate of drug-likeness (QED) is 0.582. The summed E-state index contributed by atoms with van der Waals surface area (Å²) >= 11 is 0. The summed E-state index contributed by atoms with van der Waals surface area (Å²) in [6.45, 7) is 6.61. The minimum absolute atomic E-state index is 0.487. The number of hydrogen-bond donors (Lipinski definition) is 0. The number of nitrogens with zero attached hydrogens (tertiary/aromatic N) is 1. The Morgan fingerprint density at radius 3 is 2.38 bits per heavy atom. The van der Waals surface area contributed by atoms with Crippen molar-refractivity contribution >= 4 is 8.07 Å². The predicted octanol–water partition coefficient (Wildman–Crippen LogP) is 2.33. The second-order valence-corrected chi connectivity index (χ2v) is 9.19. The molecule has 0 fully saturated rings. The molecule has 0 radical (unpaired) electrons. The average molecular weight is 235 g/mol. The Kier molecular flexibility index (Phi) is 3.97. The van der Waals surface area contributed by atoms with E-state index in [9.17, 15) is 0 Å². The molecule has 0 spiro atoms.